The summed E-state index contributed by atoms with van der Waals surface area (Å²) >= 11 is 7.02. The molecular weight excluding hydrogens is 392 g/mol. The van der Waals surface area contributed by atoms with Gasteiger partial charge in [-0.3, -0.25) is 0 Å². The maximum atomic E-state index is 6.03. The van der Waals surface area contributed by atoms with Gasteiger partial charge in [0.15, 0.2) is 0 Å². The van der Waals surface area contributed by atoms with E-state index in [1.165, 1.54) is 0 Å². The van der Waals surface area contributed by atoms with Crippen LogP contribution in [0.3, 0.4) is 0 Å². The minimum atomic E-state index is -2.47. The standard InChI is InChI=1S/C13H28Br2O3Si/c1-4-9-16-19(17-10-5-2,18-11-6-3)12-7-8-13(14)15/h13H,4-12H2,1-3H3. The van der Waals surface area contributed by atoms with Crippen molar-refractivity contribution in [2.75, 3.05) is 19.8 Å². The first-order chi connectivity index (χ1) is 9.10. The Morgan fingerprint density at radius 3 is 1.58 bits per heavy atom. The van der Waals surface area contributed by atoms with E-state index in [-0.39, 0.29) is 0 Å². The van der Waals surface area contributed by atoms with Gasteiger partial charge in [0.1, 0.15) is 0 Å². The van der Waals surface area contributed by atoms with Crippen LogP contribution in [0.25, 0.3) is 0 Å². The fourth-order valence-electron chi connectivity index (χ4n) is 1.59. The van der Waals surface area contributed by atoms with Gasteiger partial charge in [-0.1, -0.05) is 52.6 Å². The number of alkyl halides is 2. The topological polar surface area (TPSA) is 27.7 Å². The van der Waals surface area contributed by atoms with Crippen molar-refractivity contribution in [3.8, 4) is 0 Å². The lowest BCUT2D eigenvalue weighted by Gasteiger charge is -2.29. The van der Waals surface area contributed by atoms with E-state index in [1.807, 2.05) is 0 Å². The molecule has 0 aromatic heterocycles. The number of hydrogen-bond acceptors (Lipinski definition) is 3. The molecule has 0 unspecified atom stereocenters. The Kier molecular flexibility index (Phi) is 13.5. The highest BCUT2D eigenvalue weighted by molar-refractivity contribution is 9.24. The Bertz CT molecular complexity index is 185. The molecule has 0 aromatic carbocycles. The first-order valence-corrected chi connectivity index (χ1v) is 11.1. The highest BCUT2D eigenvalue weighted by Gasteiger charge is 2.40. The minimum Gasteiger partial charge on any atom is -0.373 e. The van der Waals surface area contributed by atoms with Gasteiger partial charge in [0.05, 0.1) is 3.74 Å². The minimum absolute atomic E-state index is 0.357. The van der Waals surface area contributed by atoms with Gasteiger partial charge >= 0.3 is 8.80 Å². The monoisotopic (exact) mass is 418 g/mol. The zero-order valence-corrected chi connectivity index (χ0v) is 16.6. The lowest BCUT2D eigenvalue weighted by atomic mass is 10.4. The smallest absolute Gasteiger partial charge is 0.373 e. The van der Waals surface area contributed by atoms with Gasteiger partial charge in [0, 0.05) is 25.9 Å². The van der Waals surface area contributed by atoms with Gasteiger partial charge in [-0.15, -0.1) is 0 Å². The summed E-state index contributed by atoms with van der Waals surface area (Å²) in [5.74, 6) is 0. The van der Waals surface area contributed by atoms with E-state index in [9.17, 15) is 0 Å². The molecule has 0 aliphatic carbocycles. The SMILES string of the molecule is CCCO[Si](CCCC(Br)Br)(OCCC)OCCC. The van der Waals surface area contributed by atoms with E-state index < -0.39 is 8.80 Å². The molecule has 3 nitrogen and oxygen atoms in total. The van der Waals surface area contributed by atoms with E-state index in [0.29, 0.717) is 3.74 Å². The molecule has 0 aliphatic rings. The van der Waals surface area contributed by atoms with Gasteiger partial charge in [-0.05, 0) is 32.1 Å². The average Bonchev–Trinajstić information content (AvgIpc) is 2.39. The van der Waals surface area contributed by atoms with E-state index in [1.54, 1.807) is 0 Å². The molecule has 0 amide bonds. The second-order valence-corrected chi connectivity index (χ2v) is 10.7. The zero-order chi connectivity index (χ0) is 14.6. The normalized spacial score (nSPS) is 12.3. The quantitative estimate of drug-likeness (QED) is 0.307. The molecule has 0 rings (SSSR count). The molecule has 0 N–H and O–H groups in total. The molecule has 0 radical (unpaired) electrons. The van der Waals surface area contributed by atoms with Crippen LogP contribution < -0.4 is 0 Å². The molecule has 6 heteroatoms. The van der Waals surface area contributed by atoms with Crippen molar-refractivity contribution >= 4 is 40.7 Å². The van der Waals surface area contributed by atoms with Gasteiger partial charge in [0.25, 0.3) is 0 Å². The fraction of sp³-hybridized carbons (Fsp3) is 1.00. The van der Waals surface area contributed by atoms with Crippen molar-refractivity contribution in [2.45, 2.75) is 62.7 Å². The summed E-state index contributed by atoms with van der Waals surface area (Å²) in [4.78, 5) is 0. The third kappa shape index (κ3) is 10.4. The second-order valence-electron chi connectivity index (χ2n) is 4.51. The van der Waals surface area contributed by atoms with Crippen LogP contribution in [0, 0.1) is 0 Å². The Morgan fingerprint density at radius 1 is 0.842 bits per heavy atom. The number of rotatable bonds is 13. The number of halogens is 2. The Balaban J connectivity index is 4.47. The maximum absolute atomic E-state index is 6.03. The van der Waals surface area contributed by atoms with E-state index >= 15 is 0 Å². The predicted octanol–water partition coefficient (Wildman–Crippen LogP) is 5.10. The van der Waals surface area contributed by atoms with E-state index in [0.717, 1.165) is 58.0 Å². The molecular formula is C13H28Br2O3Si. The summed E-state index contributed by atoms with van der Waals surface area (Å²) in [5.41, 5.74) is 0. The summed E-state index contributed by atoms with van der Waals surface area (Å²) in [7, 11) is -2.47. The molecule has 0 saturated heterocycles. The van der Waals surface area contributed by atoms with Crippen LogP contribution in [0.5, 0.6) is 0 Å². The van der Waals surface area contributed by atoms with Crippen molar-refractivity contribution in [1.29, 1.82) is 0 Å². The molecule has 116 valence electrons. The third-order valence-electron chi connectivity index (χ3n) is 2.48. The lowest BCUT2D eigenvalue weighted by molar-refractivity contribution is 0.0587. The zero-order valence-electron chi connectivity index (χ0n) is 12.4. The Labute approximate surface area is 136 Å². The highest BCUT2D eigenvalue weighted by atomic mass is 79.9. The van der Waals surface area contributed by atoms with Gasteiger partial charge < -0.3 is 13.3 Å². The molecule has 0 saturated carbocycles. The molecule has 0 aromatic rings. The van der Waals surface area contributed by atoms with Crippen LogP contribution in [0.4, 0.5) is 0 Å². The lowest BCUT2D eigenvalue weighted by Crippen LogP contribution is -2.46. The molecule has 0 spiro atoms. The maximum Gasteiger partial charge on any atom is 0.500 e. The summed E-state index contributed by atoms with van der Waals surface area (Å²) < 4.78 is 18.4. The van der Waals surface area contributed by atoms with Crippen molar-refractivity contribution in [2.24, 2.45) is 0 Å². The summed E-state index contributed by atoms with van der Waals surface area (Å²) in [5, 5.41) is 0. The van der Waals surface area contributed by atoms with Crippen molar-refractivity contribution in [3.63, 3.8) is 0 Å². The molecule has 0 aliphatic heterocycles. The van der Waals surface area contributed by atoms with Crippen molar-refractivity contribution < 1.29 is 13.3 Å². The van der Waals surface area contributed by atoms with Gasteiger partial charge in [-0.25, -0.2) is 0 Å². The average molecular weight is 420 g/mol. The first-order valence-electron chi connectivity index (χ1n) is 7.30. The summed E-state index contributed by atoms with van der Waals surface area (Å²) in [6, 6.07) is 0.903. The van der Waals surface area contributed by atoms with E-state index in [4.69, 9.17) is 13.3 Å². The Morgan fingerprint density at radius 2 is 1.26 bits per heavy atom. The van der Waals surface area contributed by atoms with Crippen LogP contribution in [0.1, 0.15) is 52.9 Å². The van der Waals surface area contributed by atoms with Crippen molar-refractivity contribution in [3.05, 3.63) is 0 Å². The van der Waals surface area contributed by atoms with Crippen LogP contribution in [0.15, 0.2) is 0 Å². The van der Waals surface area contributed by atoms with E-state index in [2.05, 4.69) is 52.6 Å². The van der Waals surface area contributed by atoms with Crippen molar-refractivity contribution in [1.82, 2.24) is 0 Å². The molecule has 0 heterocycles. The van der Waals surface area contributed by atoms with Gasteiger partial charge in [0.2, 0.25) is 0 Å². The fourth-order valence-corrected chi connectivity index (χ4v) is 5.10. The van der Waals surface area contributed by atoms with Crippen LogP contribution in [-0.4, -0.2) is 32.4 Å². The van der Waals surface area contributed by atoms with Crippen LogP contribution >= 0.6 is 31.9 Å². The Hall–Kier alpha value is 1.06. The third-order valence-corrected chi connectivity index (χ3v) is 6.30. The first kappa shape index (κ1) is 20.1. The molecule has 0 fully saturated rings. The van der Waals surface area contributed by atoms with Crippen LogP contribution in [0.2, 0.25) is 6.04 Å². The number of hydrogen-bond donors (Lipinski definition) is 0. The predicted molar refractivity (Wildman–Crippen MR) is 90.2 cm³/mol. The van der Waals surface area contributed by atoms with Gasteiger partial charge in [-0.2, -0.15) is 0 Å². The summed E-state index contributed by atoms with van der Waals surface area (Å²) in [6.07, 6.45) is 5.09. The largest absolute Gasteiger partial charge is 0.500 e. The second kappa shape index (κ2) is 12.8. The van der Waals surface area contributed by atoms with Crippen LogP contribution in [-0.2, 0) is 13.3 Å². The molecule has 0 atom stereocenters. The highest BCUT2D eigenvalue weighted by Crippen LogP contribution is 2.24. The summed E-state index contributed by atoms with van der Waals surface area (Å²) in [6.45, 7) is 8.53. The molecule has 0 bridgehead atoms. The molecule has 19 heavy (non-hydrogen) atoms.